The van der Waals surface area contributed by atoms with Crippen LogP contribution in [0, 0.1) is 5.82 Å². The van der Waals surface area contributed by atoms with Crippen LogP contribution >= 0.6 is 38.5 Å². The fourth-order valence-corrected chi connectivity index (χ4v) is 2.74. The highest BCUT2D eigenvalue weighted by molar-refractivity contribution is 14.1. The zero-order valence-corrected chi connectivity index (χ0v) is 13.9. The molecule has 0 aliphatic rings. The third-order valence-corrected chi connectivity index (χ3v) is 4.05. The molecule has 0 radical (unpaired) electrons. The van der Waals surface area contributed by atoms with Crippen LogP contribution in [0.3, 0.4) is 0 Å². The maximum Gasteiger partial charge on any atom is 0.123 e. The molecule has 0 aliphatic carbocycles. The first-order valence-corrected chi connectivity index (χ1v) is 8.18. The van der Waals surface area contributed by atoms with Gasteiger partial charge < -0.3 is 4.74 Å². The van der Waals surface area contributed by atoms with Crippen molar-refractivity contribution in [1.29, 1.82) is 0 Å². The smallest absolute Gasteiger partial charge is 0.123 e. The van der Waals surface area contributed by atoms with Gasteiger partial charge in [0.2, 0.25) is 0 Å². The number of hydrogen-bond acceptors (Lipinski definition) is 1. The summed E-state index contributed by atoms with van der Waals surface area (Å²) >= 11 is 5.66. The van der Waals surface area contributed by atoms with Gasteiger partial charge in [-0.25, -0.2) is 4.39 Å². The van der Waals surface area contributed by atoms with Crippen LogP contribution in [-0.2, 0) is 11.3 Å². The minimum atomic E-state index is -0.223. The second-order valence-corrected chi connectivity index (χ2v) is 5.93. The van der Waals surface area contributed by atoms with E-state index in [0.29, 0.717) is 6.61 Å². The topological polar surface area (TPSA) is 9.23 Å². The standard InChI is InChI=1S/C15H13BrFIO/c16-13-6-4-11(5-7-13)10-19-15(9-18)12-2-1-3-14(17)8-12/h1-8,15H,9-10H2. The van der Waals surface area contributed by atoms with E-state index in [0.717, 1.165) is 20.0 Å². The Bertz CT molecular complexity index is 530. The molecule has 100 valence electrons. The number of benzene rings is 2. The quantitative estimate of drug-likeness (QED) is 0.459. The summed E-state index contributed by atoms with van der Waals surface area (Å²) in [5.74, 6) is -0.223. The van der Waals surface area contributed by atoms with Gasteiger partial charge in [-0.1, -0.05) is 62.8 Å². The van der Waals surface area contributed by atoms with Gasteiger partial charge in [0.1, 0.15) is 5.82 Å². The molecule has 2 rings (SSSR count). The largest absolute Gasteiger partial charge is 0.368 e. The van der Waals surface area contributed by atoms with Crippen molar-refractivity contribution in [3.8, 4) is 0 Å². The van der Waals surface area contributed by atoms with Gasteiger partial charge in [-0.05, 0) is 35.4 Å². The Kier molecular flexibility index (Phi) is 5.78. The van der Waals surface area contributed by atoms with Gasteiger partial charge >= 0.3 is 0 Å². The van der Waals surface area contributed by atoms with Crippen molar-refractivity contribution in [2.45, 2.75) is 12.7 Å². The summed E-state index contributed by atoms with van der Waals surface area (Å²) < 4.78 is 20.9. The predicted molar refractivity (Wildman–Crippen MR) is 87.0 cm³/mol. The lowest BCUT2D eigenvalue weighted by Crippen LogP contribution is -2.06. The van der Waals surface area contributed by atoms with Gasteiger partial charge in [-0.2, -0.15) is 0 Å². The van der Waals surface area contributed by atoms with Crippen LogP contribution in [0.4, 0.5) is 4.39 Å². The van der Waals surface area contributed by atoms with Crippen LogP contribution in [0.25, 0.3) is 0 Å². The van der Waals surface area contributed by atoms with E-state index in [1.165, 1.54) is 12.1 Å². The predicted octanol–water partition coefficient (Wildman–Crippen LogP) is 5.28. The van der Waals surface area contributed by atoms with Gasteiger partial charge in [0.15, 0.2) is 0 Å². The molecule has 19 heavy (non-hydrogen) atoms. The maximum atomic E-state index is 13.2. The first-order chi connectivity index (χ1) is 9.19. The van der Waals surface area contributed by atoms with E-state index >= 15 is 0 Å². The zero-order chi connectivity index (χ0) is 13.7. The lowest BCUT2D eigenvalue weighted by Gasteiger charge is -2.16. The highest BCUT2D eigenvalue weighted by atomic mass is 127. The molecule has 2 aromatic carbocycles. The molecule has 2 aromatic rings. The summed E-state index contributed by atoms with van der Waals surface area (Å²) in [5.41, 5.74) is 1.99. The van der Waals surface area contributed by atoms with Crippen LogP contribution in [0.2, 0.25) is 0 Å². The zero-order valence-electron chi connectivity index (χ0n) is 10.2. The number of ether oxygens (including phenoxy) is 1. The van der Waals surface area contributed by atoms with E-state index in [1.54, 1.807) is 6.07 Å². The molecule has 1 unspecified atom stereocenters. The molecule has 1 atom stereocenters. The second kappa shape index (κ2) is 7.36. The van der Waals surface area contributed by atoms with Crippen molar-refractivity contribution in [2.24, 2.45) is 0 Å². The van der Waals surface area contributed by atoms with Gasteiger partial charge in [-0.3, -0.25) is 0 Å². The lowest BCUT2D eigenvalue weighted by molar-refractivity contribution is 0.0575. The summed E-state index contributed by atoms with van der Waals surface area (Å²) in [7, 11) is 0. The summed E-state index contributed by atoms with van der Waals surface area (Å²) in [6.45, 7) is 0.525. The SMILES string of the molecule is Fc1cccc(C(CI)OCc2ccc(Br)cc2)c1. The fourth-order valence-electron chi connectivity index (χ4n) is 1.71. The molecule has 4 heteroatoms. The third-order valence-electron chi connectivity index (χ3n) is 2.73. The van der Waals surface area contributed by atoms with E-state index in [4.69, 9.17) is 4.74 Å². The molecule has 0 N–H and O–H groups in total. The van der Waals surface area contributed by atoms with Crippen LogP contribution in [0.15, 0.2) is 53.0 Å². The van der Waals surface area contributed by atoms with E-state index in [2.05, 4.69) is 38.5 Å². The molecule has 0 heterocycles. The highest BCUT2D eigenvalue weighted by Crippen LogP contribution is 2.22. The molecule has 0 spiro atoms. The molecular weight excluding hydrogens is 422 g/mol. The van der Waals surface area contributed by atoms with E-state index in [9.17, 15) is 4.39 Å². The normalized spacial score (nSPS) is 12.4. The molecule has 1 nitrogen and oxygen atoms in total. The Labute approximate surface area is 134 Å². The highest BCUT2D eigenvalue weighted by Gasteiger charge is 2.11. The molecule has 0 bridgehead atoms. The van der Waals surface area contributed by atoms with E-state index in [1.807, 2.05) is 30.3 Å². The molecule has 0 aromatic heterocycles. The Hall–Kier alpha value is -0.460. The Morgan fingerprint density at radius 1 is 1.16 bits per heavy atom. The molecule has 0 saturated carbocycles. The summed E-state index contributed by atoms with van der Waals surface area (Å²) in [4.78, 5) is 0. The van der Waals surface area contributed by atoms with Crippen molar-refractivity contribution in [1.82, 2.24) is 0 Å². The Morgan fingerprint density at radius 3 is 2.53 bits per heavy atom. The summed E-state index contributed by atoms with van der Waals surface area (Å²) in [6, 6.07) is 14.6. The summed E-state index contributed by atoms with van der Waals surface area (Å²) in [6.07, 6.45) is -0.0834. The van der Waals surface area contributed by atoms with Crippen molar-refractivity contribution >= 4 is 38.5 Å². The first kappa shape index (κ1) is 14.9. The number of halogens is 3. The van der Waals surface area contributed by atoms with Gasteiger partial charge in [0.05, 0.1) is 12.7 Å². The van der Waals surface area contributed by atoms with Crippen molar-refractivity contribution in [2.75, 3.05) is 4.43 Å². The molecule has 0 aliphatic heterocycles. The lowest BCUT2D eigenvalue weighted by atomic mass is 10.1. The number of alkyl halides is 1. The molecular formula is C15H13BrFIO. The van der Waals surface area contributed by atoms with Gasteiger partial charge in [0, 0.05) is 8.90 Å². The second-order valence-electron chi connectivity index (χ2n) is 4.14. The van der Waals surface area contributed by atoms with Gasteiger partial charge in [-0.15, -0.1) is 0 Å². The minimum absolute atomic E-state index is 0.0834. The average molecular weight is 435 g/mol. The van der Waals surface area contributed by atoms with E-state index < -0.39 is 0 Å². The van der Waals surface area contributed by atoms with Crippen molar-refractivity contribution in [3.05, 3.63) is 69.9 Å². The van der Waals surface area contributed by atoms with Crippen LogP contribution in [0.1, 0.15) is 17.2 Å². The van der Waals surface area contributed by atoms with Crippen LogP contribution in [0.5, 0.6) is 0 Å². The molecule has 0 amide bonds. The monoisotopic (exact) mass is 434 g/mol. The minimum Gasteiger partial charge on any atom is -0.368 e. The van der Waals surface area contributed by atoms with Crippen LogP contribution < -0.4 is 0 Å². The maximum absolute atomic E-state index is 13.2. The third kappa shape index (κ3) is 4.54. The fraction of sp³-hybridized carbons (Fsp3) is 0.200. The average Bonchev–Trinajstić information content (AvgIpc) is 2.42. The van der Waals surface area contributed by atoms with Crippen LogP contribution in [-0.4, -0.2) is 4.43 Å². The number of hydrogen-bond donors (Lipinski definition) is 0. The van der Waals surface area contributed by atoms with Gasteiger partial charge in [0.25, 0.3) is 0 Å². The number of rotatable bonds is 5. The summed E-state index contributed by atoms with van der Waals surface area (Å²) in [5, 5.41) is 0. The Balaban J connectivity index is 2.01. The first-order valence-electron chi connectivity index (χ1n) is 5.86. The van der Waals surface area contributed by atoms with Crippen molar-refractivity contribution in [3.63, 3.8) is 0 Å². The Morgan fingerprint density at radius 2 is 1.89 bits per heavy atom. The molecule has 0 saturated heterocycles. The molecule has 0 fully saturated rings. The van der Waals surface area contributed by atoms with Crippen molar-refractivity contribution < 1.29 is 9.13 Å². The van der Waals surface area contributed by atoms with E-state index in [-0.39, 0.29) is 11.9 Å².